The Balaban J connectivity index is 2.07. The van der Waals surface area contributed by atoms with Gasteiger partial charge >= 0.3 is 0 Å². The number of amides is 1. The molecule has 4 N–H and O–H groups in total. The van der Waals surface area contributed by atoms with Crippen molar-refractivity contribution in [2.24, 2.45) is 4.99 Å². The number of nitriles is 1. The first kappa shape index (κ1) is 17.0. The summed E-state index contributed by atoms with van der Waals surface area (Å²) in [6, 6.07) is 9.52. The number of aromatic amines is 1. The van der Waals surface area contributed by atoms with Crippen LogP contribution in [0.4, 0.5) is 17.3 Å². The molecule has 24 heavy (non-hydrogen) atoms. The Bertz CT molecular complexity index is 784. The summed E-state index contributed by atoms with van der Waals surface area (Å²) in [5.41, 5.74) is 2.09. The van der Waals surface area contributed by atoms with Gasteiger partial charge in [-0.2, -0.15) is 10.4 Å². The van der Waals surface area contributed by atoms with Crippen LogP contribution in [-0.2, 0) is 11.3 Å². The Morgan fingerprint density at radius 3 is 2.62 bits per heavy atom. The van der Waals surface area contributed by atoms with Gasteiger partial charge in [-0.25, -0.2) is 4.99 Å². The second-order valence-electron chi connectivity index (χ2n) is 5.09. The Hall–Kier alpha value is -3.34. The average Bonchev–Trinajstić information content (AvgIpc) is 2.95. The van der Waals surface area contributed by atoms with Crippen molar-refractivity contribution in [2.45, 2.75) is 20.4 Å². The average molecular weight is 325 g/mol. The molecular weight excluding hydrogens is 306 g/mol. The molecule has 1 aromatic carbocycles. The van der Waals surface area contributed by atoms with Gasteiger partial charge in [0.2, 0.25) is 5.91 Å². The second kappa shape index (κ2) is 7.78. The van der Waals surface area contributed by atoms with E-state index in [0.717, 1.165) is 11.3 Å². The molecule has 0 saturated carbocycles. The molecule has 0 saturated heterocycles. The van der Waals surface area contributed by atoms with E-state index in [4.69, 9.17) is 0 Å². The highest BCUT2D eigenvalue weighted by atomic mass is 16.1. The zero-order valence-electron chi connectivity index (χ0n) is 13.8. The van der Waals surface area contributed by atoms with Gasteiger partial charge in [-0.15, -0.1) is 0 Å². The molecule has 1 heterocycles. The number of H-pyrrole nitrogens is 1. The molecular formula is C16H19N7O. The molecule has 0 fully saturated rings. The predicted molar refractivity (Wildman–Crippen MR) is 93.2 cm³/mol. The molecule has 0 bridgehead atoms. The lowest BCUT2D eigenvalue weighted by Crippen LogP contribution is -2.12. The van der Waals surface area contributed by atoms with Gasteiger partial charge in [0.05, 0.1) is 0 Å². The summed E-state index contributed by atoms with van der Waals surface area (Å²) in [6.45, 7) is 3.76. The second-order valence-corrected chi connectivity index (χ2v) is 5.09. The lowest BCUT2D eigenvalue weighted by atomic mass is 10.2. The van der Waals surface area contributed by atoms with E-state index in [-0.39, 0.29) is 5.91 Å². The number of amidine groups is 1. The number of hydrogen-bond acceptors (Lipinski definition) is 5. The maximum Gasteiger partial charge on any atom is 0.221 e. The van der Waals surface area contributed by atoms with Gasteiger partial charge in [-0.1, -0.05) is 12.1 Å². The van der Waals surface area contributed by atoms with E-state index in [2.05, 4.69) is 37.2 Å². The summed E-state index contributed by atoms with van der Waals surface area (Å²) in [7, 11) is 1.75. The number of nitrogens with one attached hydrogen (secondary N) is 4. The molecule has 8 heteroatoms. The minimum absolute atomic E-state index is 0.110. The lowest BCUT2D eigenvalue weighted by Gasteiger charge is -2.06. The fourth-order valence-electron chi connectivity index (χ4n) is 1.97. The first-order chi connectivity index (χ1) is 11.5. The van der Waals surface area contributed by atoms with Crippen LogP contribution in [0.5, 0.6) is 0 Å². The highest BCUT2D eigenvalue weighted by Crippen LogP contribution is 2.23. The molecule has 1 amide bonds. The molecule has 2 rings (SSSR count). The van der Waals surface area contributed by atoms with Crippen molar-refractivity contribution in [1.29, 1.82) is 5.26 Å². The van der Waals surface area contributed by atoms with E-state index in [0.29, 0.717) is 29.6 Å². The van der Waals surface area contributed by atoms with Gasteiger partial charge < -0.3 is 16.0 Å². The molecule has 0 radical (unpaired) electrons. The zero-order valence-corrected chi connectivity index (χ0v) is 13.8. The molecule has 0 aliphatic heterocycles. The molecule has 1 aromatic heterocycles. The Kier molecular flexibility index (Phi) is 5.52. The molecule has 124 valence electrons. The van der Waals surface area contributed by atoms with Crippen molar-refractivity contribution in [3.63, 3.8) is 0 Å². The lowest BCUT2D eigenvalue weighted by molar-refractivity contribution is -0.114. The fourth-order valence-corrected chi connectivity index (χ4v) is 1.97. The van der Waals surface area contributed by atoms with Crippen LogP contribution >= 0.6 is 0 Å². The van der Waals surface area contributed by atoms with Crippen LogP contribution in [-0.4, -0.2) is 29.0 Å². The van der Waals surface area contributed by atoms with E-state index in [1.165, 1.54) is 6.92 Å². The van der Waals surface area contributed by atoms with Crippen molar-refractivity contribution in [1.82, 2.24) is 15.5 Å². The molecule has 0 atom stereocenters. The van der Waals surface area contributed by atoms with Crippen molar-refractivity contribution < 1.29 is 4.79 Å². The van der Waals surface area contributed by atoms with E-state index >= 15 is 0 Å². The van der Waals surface area contributed by atoms with Crippen LogP contribution in [0.3, 0.4) is 0 Å². The maximum absolute atomic E-state index is 11.0. The van der Waals surface area contributed by atoms with Gasteiger partial charge in [0.15, 0.2) is 11.6 Å². The van der Waals surface area contributed by atoms with Gasteiger partial charge in [0, 0.05) is 26.2 Å². The topological polar surface area (TPSA) is 118 Å². The summed E-state index contributed by atoms with van der Waals surface area (Å²) in [4.78, 5) is 15.2. The minimum atomic E-state index is -0.110. The summed E-state index contributed by atoms with van der Waals surface area (Å²) in [5, 5.41) is 24.9. The van der Waals surface area contributed by atoms with Gasteiger partial charge in [-0.05, 0) is 24.6 Å². The maximum atomic E-state index is 11.0. The van der Waals surface area contributed by atoms with Crippen LogP contribution in [0, 0.1) is 11.3 Å². The number of aliphatic imine (C=N–C) groups is 1. The number of hydrogen-bond donors (Lipinski definition) is 4. The first-order valence-corrected chi connectivity index (χ1v) is 7.35. The van der Waals surface area contributed by atoms with Crippen molar-refractivity contribution in [3.05, 3.63) is 35.4 Å². The predicted octanol–water partition coefficient (Wildman–Crippen LogP) is 2.12. The number of benzene rings is 1. The number of carbonyl (C=O) groups excluding carboxylic acids is 1. The molecule has 0 aliphatic carbocycles. The first-order valence-electron chi connectivity index (χ1n) is 7.35. The number of carbonyl (C=O) groups is 1. The molecule has 0 aliphatic rings. The van der Waals surface area contributed by atoms with E-state index in [9.17, 15) is 10.1 Å². The fraction of sp³-hybridized carbons (Fsp3) is 0.250. The van der Waals surface area contributed by atoms with Gasteiger partial charge in [-0.3, -0.25) is 9.89 Å². The third-order valence-corrected chi connectivity index (χ3v) is 3.23. The standard InChI is InChI=1S/C16H19N7O/c1-10(18-3)20-16-14(8-17)15(22-23-16)19-9-12-4-6-13(7-5-12)21-11(2)24/h4-7H,9H2,1-3H3,(H,21,24)(H3,18,19,20,22,23). The molecule has 8 nitrogen and oxygen atoms in total. The molecule has 0 spiro atoms. The Morgan fingerprint density at radius 1 is 1.33 bits per heavy atom. The highest BCUT2D eigenvalue weighted by Gasteiger charge is 2.12. The highest BCUT2D eigenvalue weighted by molar-refractivity contribution is 5.88. The number of nitrogens with zero attached hydrogens (tertiary/aromatic N) is 3. The quantitative estimate of drug-likeness (QED) is 0.496. The van der Waals surface area contributed by atoms with Crippen molar-refractivity contribution in [2.75, 3.05) is 17.7 Å². The number of anilines is 2. The Morgan fingerprint density at radius 2 is 2.04 bits per heavy atom. The third kappa shape index (κ3) is 4.33. The monoisotopic (exact) mass is 325 g/mol. The SMILES string of the molecule is CNC(C)=Nc1[nH]nc(NCc2ccc(NC(C)=O)cc2)c1C#N. The molecule has 0 unspecified atom stereocenters. The van der Waals surface area contributed by atoms with Crippen LogP contribution in [0.15, 0.2) is 29.3 Å². The Labute approximate surface area is 140 Å². The van der Waals surface area contributed by atoms with Gasteiger partial charge in [0.25, 0.3) is 0 Å². The zero-order chi connectivity index (χ0) is 17.5. The van der Waals surface area contributed by atoms with Crippen LogP contribution < -0.4 is 16.0 Å². The third-order valence-electron chi connectivity index (χ3n) is 3.23. The van der Waals surface area contributed by atoms with Gasteiger partial charge in [0.1, 0.15) is 17.5 Å². The number of rotatable bonds is 5. The number of aromatic nitrogens is 2. The normalized spacial score (nSPS) is 10.8. The van der Waals surface area contributed by atoms with Crippen molar-refractivity contribution in [3.8, 4) is 6.07 Å². The smallest absolute Gasteiger partial charge is 0.221 e. The minimum Gasteiger partial charge on any atom is -0.377 e. The summed E-state index contributed by atoms with van der Waals surface area (Å²) >= 11 is 0. The summed E-state index contributed by atoms with van der Waals surface area (Å²) < 4.78 is 0. The van der Waals surface area contributed by atoms with Crippen molar-refractivity contribution >= 4 is 29.1 Å². The molecule has 2 aromatic rings. The van der Waals surface area contributed by atoms with Crippen LogP contribution in [0.1, 0.15) is 25.0 Å². The van der Waals surface area contributed by atoms with E-state index < -0.39 is 0 Å². The van der Waals surface area contributed by atoms with E-state index in [1.807, 2.05) is 24.3 Å². The van der Waals surface area contributed by atoms with E-state index in [1.54, 1.807) is 14.0 Å². The largest absolute Gasteiger partial charge is 0.377 e. The summed E-state index contributed by atoms with van der Waals surface area (Å²) in [6.07, 6.45) is 0. The summed E-state index contributed by atoms with van der Waals surface area (Å²) in [5.74, 6) is 1.43. The van der Waals surface area contributed by atoms with Crippen LogP contribution in [0.2, 0.25) is 0 Å². The van der Waals surface area contributed by atoms with Crippen LogP contribution in [0.25, 0.3) is 0 Å².